The Labute approximate surface area is 147 Å². The van der Waals surface area contributed by atoms with Crippen LogP contribution in [0.5, 0.6) is 5.75 Å². The van der Waals surface area contributed by atoms with E-state index >= 15 is 0 Å². The van der Waals surface area contributed by atoms with E-state index in [1.54, 1.807) is 6.07 Å². The van der Waals surface area contributed by atoms with Gasteiger partial charge in [0.1, 0.15) is 5.75 Å². The molecule has 0 aliphatic heterocycles. The van der Waals surface area contributed by atoms with Gasteiger partial charge in [-0.1, -0.05) is 23.2 Å². The summed E-state index contributed by atoms with van der Waals surface area (Å²) in [5, 5.41) is 15.1. The molecule has 0 aromatic heterocycles. The number of ether oxygens (including phenoxy) is 1. The third-order valence-electron chi connectivity index (χ3n) is 2.95. The molecular formula is C15H11Cl2N3O4. The SMILES string of the molecule is COc1c(Cl)cc(Cl)cc1/C=N/NC(=O)c1ccc([N+](=O)[O-])cc1. The molecule has 2 aromatic rings. The molecule has 0 unspecified atom stereocenters. The number of benzene rings is 2. The highest BCUT2D eigenvalue weighted by Gasteiger charge is 2.10. The number of nitro groups is 1. The summed E-state index contributed by atoms with van der Waals surface area (Å²) in [4.78, 5) is 22.0. The van der Waals surface area contributed by atoms with Crippen LogP contribution in [-0.2, 0) is 0 Å². The highest BCUT2D eigenvalue weighted by Crippen LogP contribution is 2.31. The fourth-order valence-corrected chi connectivity index (χ4v) is 2.44. The molecular weight excluding hydrogens is 357 g/mol. The maximum absolute atomic E-state index is 11.9. The predicted molar refractivity (Wildman–Crippen MR) is 91.2 cm³/mol. The van der Waals surface area contributed by atoms with E-state index in [0.29, 0.717) is 21.4 Å². The van der Waals surface area contributed by atoms with Gasteiger partial charge in [-0.25, -0.2) is 5.43 Å². The second kappa shape index (κ2) is 7.76. The lowest BCUT2D eigenvalue weighted by molar-refractivity contribution is -0.384. The van der Waals surface area contributed by atoms with Crippen LogP contribution in [-0.4, -0.2) is 24.2 Å². The fourth-order valence-electron chi connectivity index (χ4n) is 1.85. The minimum Gasteiger partial charge on any atom is -0.495 e. The van der Waals surface area contributed by atoms with Crippen LogP contribution in [0.3, 0.4) is 0 Å². The van der Waals surface area contributed by atoms with Crippen LogP contribution in [0.25, 0.3) is 0 Å². The topological polar surface area (TPSA) is 93.8 Å². The molecule has 7 nitrogen and oxygen atoms in total. The highest BCUT2D eigenvalue weighted by molar-refractivity contribution is 6.36. The molecule has 0 aliphatic rings. The van der Waals surface area contributed by atoms with E-state index in [-0.39, 0.29) is 11.3 Å². The average Bonchev–Trinajstić information content (AvgIpc) is 2.54. The zero-order chi connectivity index (χ0) is 17.7. The van der Waals surface area contributed by atoms with Crippen molar-refractivity contribution >= 4 is 41.0 Å². The number of nitro benzene ring substituents is 1. The number of nitrogens with zero attached hydrogens (tertiary/aromatic N) is 2. The van der Waals surface area contributed by atoms with Gasteiger partial charge in [-0.2, -0.15) is 5.10 Å². The van der Waals surface area contributed by atoms with Crippen molar-refractivity contribution in [2.75, 3.05) is 7.11 Å². The normalized spacial score (nSPS) is 10.6. The van der Waals surface area contributed by atoms with Crippen LogP contribution in [0.2, 0.25) is 10.0 Å². The molecule has 0 saturated carbocycles. The highest BCUT2D eigenvalue weighted by atomic mass is 35.5. The molecule has 24 heavy (non-hydrogen) atoms. The van der Waals surface area contributed by atoms with E-state index in [1.165, 1.54) is 43.7 Å². The first-order valence-electron chi connectivity index (χ1n) is 6.53. The summed E-state index contributed by atoms with van der Waals surface area (Å²) in [5.41, 5.74) is 2.92. The molecule has 0 heterocycles. The Kier molecular flexibility index (Phi) is 5.73. The van der Waals surface area contributed by atoms with Gasteiger partial charge < -0.3 is 4.74 Å². The first-order valence-corrected chi connectivity index (χ1v) is 7.29. The Bertz CT molecular complexity index is 807. The Balaban J connectivity index is 2.11. The van der Waals surface area contributed by atoms with Crippen molar-refractivity contribution in [2.45, 2.75) is 0 Å². The van der Waals surface area contributed by atoms with Crippen LogP contribution in [0.15, 0.2) is 41.5 Å². The average molecular weight is 368 g/mol. The van der Waals surface area contributed by atoms with Crippen molar-refractivity contribution in [3.05, 3.63) is 67.7 Å². The maximum atomic E-state index is 11.9. The van der Waals surface area contributed by atoms with E-state index in [0.717, 1.165) is 0 Å². The Morgan fingerprint density at radius 1 is 1.29 bits per heavy atom. The van der Waals surface area contributed by atoms with E-state index in [4.69, 9.17) is 27.9 Å². The minimum absolute atomic E-state index is 0.103. The zero-order valence-electron chi connectivity index (χ0n) is 12.3. The molecule has 1 amide bonds. The van der Waals surface area contributed by atoms with Crippen molar-refractivity contribution in [1.82, 2.24) is 5.43 Å². The third kappa shape index (κ3) is 4.21. The van der Waals surface area contributed by atoms with Crippen molar-refractivity contribution in [1.29, 1.82) is 0 Å². The molecule has 9 heteroatoms. The van der Waals surface area contributed by atoms with E-state index in [2.05, 4.69) is 10.5 Å². The maximum Gasteiger partial charge on any atom is 0.271 e. The van der Waals surface area contributed by atoms with Crippen molar-refractivity contribution < 1.29 is 14.5 Å². The van der Waals surface area contributed by atoms with Crippen LogP contribution in [0.1, 0.15) is 15.9 Å². The summed E-state index contributed by atoms with van der Waals surface area (Å²) in [6, 6.07) is 8.24. The smallest absolute Gasteiger partial charge is 0.271 e. The first-order chi connectivity index (χ1) is 11.4. The van der Waals surface area contributed by atoms with Crippen molar-refractivity contribution in [2.24, 2.45) is 5.10 Å². The fraction of sp³-hybridized carbons (Fsp3) is 0.0667. The van der Waals surface area contributed by atoms with Crippen LogP contribution < -0.4 is 10.2 Å². The number of nitrogens with one attached hydrogen (secondary N) is 1. The van der Waals surface area contributed by atoms with E-state index in [9.17, 15) is 14.9 Å². The number of non-ortho nitro benzene ring substituents is 1. The van der Waals surface area contributed by atoms with E-state index < -0.39 is 10.8 Å². The standard InChI is InChI=1S/C15H11Cl2N3O4/c1-24-14-10(6-11(16)7-13(14)17)8-18-19-15(21)9-2-4-12(5-3-9)20(22)23/h2-8H,1H3,(H,19,21)/b18-8+. The van der Waals surface area contributed by atoms with Gasteiger partial charge in [0.05, 0.1) is 23.3 Å². The van der Waals surface area contributed by atoms with Gasteiger partial charge >= 0.3 is 0 Å². The summed E-state index contributed by atoms with van der Waals surface area (Å²) >= 11 is 11.9. The number of halogens is 2. The minimum atomic E-state index is -0.547. The van der Waals surface area contributed by atoms with Crippen molar-refractivity contribution in [3.8, 4) is 5.75 Å². The molecule has 0 fully saturated rings. The largest absolute Gasteiger partial charge is 0.495 e. The lowest BCUT2D eigenvalue weighted by Crippen LogP contribution is -2.17. The molecule has 0 aliphatic carbocycles. The number of amides is 1. The first kappa shape index (κ1) is 17.7. The third-order valence-corrected chi connectivity index (χ3v) is 3.45. The number of hydrogen-bond acceptors (Lipinski definition) is 5. The number of hydrogen-bond donors (Lipinski definition) is 1. The molecule has 2 rings (SSSR count). The van der Waals surface area contributed by atoms with Gasteiger partial charge in [-0.15, -0.1) is 0 Å². The number of carbonyl (C=O) groups excluding carboxylic acids is 1. The van der Waals surface area contributed by atoms with Crippen molar-refractivity contribution in [3.63, 3.8) is 0 Å². The molecule has 0 atom stereocenters. The lowest BCUT2D eigenvalue weighted by Gasteiger charge is -2.07. The summed E-state index contributed by atoms with van der Waals surface area (Å²) in [7, 11) is 1.45. The summed E-state index contributed by atoms with van der Waals surface area (Å²) in [6.45, 7) is 0. The Morgan fingerprint density at radius 2 is 1.96 bits per heavy atom. The predicted octanol–water partition coefficient (Wildman–Crippen LogP) is 3.67. The summed E-state index contributed by atoms with van der Waals surface area (Å²) in [6.07, 6.45) is 1.33. The van der Waals surface area contributed by atoms with E-state index in [1.807, 2.05) is 0 Å². The quantitative estimate of drug-likeness (QED) is 0.495. The molecule has 124 valence electrons. The Morgan fingerprint density at radius 3 is 2.54 bits per heavy atom. The second-order valence-corrected chi connectivity index (χ2v) is 5.36. The second-order valence-electron chi connectivity index (χ2n) is 4.51. The van der Waals surface area contributed by atoms with Gasteiger partial charge in [-0.05, 0) is 24.3 Å². The van der Waals surface area contributed by atoms with Gasteiger partial charge in [0, 0.05) is 28.3 Å². The van der Waals surface area contributed by atoms with Crippen LogP contribution >= 0.6 is 23.2 Å². The molecule has 0 saturated heterocycles. The zero-order valence-corrected chi connectivity index (χ0v) is 13.8. The molecule has 0 radical (unpaired) electrons. The molecule has 0 spiro atoms. The number of rotatable bonds is 5. The number of methoxy groups -OCH3 is 1. The van der Waals surface area contributed by atoms with Crippen LogP contribution in [0, 0.1) is 10.1 Å². The lowest BCUT2D eigenvalue weighted by atomic mass is 10.2. The van der Waals surface area contributed by atoms with Gasteiger partial charge in [0.25, 0.3) is 11.6 Å². The summed E-state index contributed by atoms with van der Waals surface area (Å²) in [5.74, 6) is -0.150. The Hall–Kier alpha value is -2.64. The summed E-state index contributed by atoms with van der Waals surface area (Å²) < 4.78 is 5.15. The van der Waals surface area contributed by atoms with Gasteiger partial charge in [0.15, 0.2) is 0 Å². The monoisotopic (exact) mass is 367 g/mol. The molecule has 0 bridgehead atoms. The molecule has 2 aromatic carbocycles. The number of hydrazone groups is 1. The van der Waals surface area contributed by atoms with Gasteiger partial charge in [0.2, 0.25) is 0 Å². The van der Waals surface area contributed by atoms with Gasteiger partial charge in [-0.3, -0.25) is 14.9 Å². The molecule has 1 N–H and O–H groups in total. The van der Waals surface area contributed by atoms with Crippen LogP contribution in [0.4, 0.5) is 5.69 Å². The number of carbonyl (C=O) groups is 1.